The molecule has 0 N–H and O–H groups in total. The Balaban J connectivity index is 1.71. The first-order valence-electron chi connectivity index (χ1n) is 6.61. The van der Waals surface area contributed by atoms with E-state index >= 15 is 0 Å². The minimum absolute atomic E-state index is 0.486. The molecule has 3 rings (SSSR count). The number of rotatable bonds is 5. The van der Waals surface area contributed by atoms with Gasteiger partial charge in [0.1, 0.15) is 6.61 Å². The summed E-state index contributed by atoms with van der Waals surface area (Å²) in [6.07, 6.45) is 0. The molecule has 0 aliphatic carbocycles. The van der Waals surface area contributed by atoms with E-state index in [9.17, 15) is 0 Å². The van der Waals surface area contributed by atoms with Gasteiger partial charge in [0.2, 0.25) is 5.75 Å². The van der Waals surface area contributed by atoms with Crippen LogP contribution in [0.4, 0.5) is 0 Å². The second kappa shape index (κ2) is 5.84. The topological polar surface area (TPSA) is 36.9 Å². The van der Waals surface area contributed by atoms with Crippen LogP contribution in [0.1, 0.15) is 12.5 Å². The molecular formula is C16H16O4. The molecule has 1 aliphatic heterocycles. The maximum absolute atomic E-state index is 5.80. The molecule has 1 atom stereocenters. The third-order valence-corrected chi connectivity index (χ3v) is 2.92. The Morgan fingerprint density at radius 3 is 2.65 bits per heavy atom. The van der Waals surface area contributed by atoms with Crippen molar-refractivity contribution in [3.8, 4) is 17.2 Å². The molecule has 0 spiro atoms. The average Bonchev–Trinajstić information content (AvgIpc) is 2.89. The first-order chi connectivity index (χ1) is 9.86. The van der Waals surface area contributed by atoms with E-state index in [1.54, 1.807) is 0 Å². The standard InChI is InChI=1S/C16H16O4/c1-2-17-16-19-14-10-6-9-13(15(14)20-16)18-11-12-7-4-3-5-8-12/h3-10,16H,2,11H2,1H3. The number of hydrogen-bond acceptors (Lipinski definition) is 4. The molecule has 4 nitrogen and oxygen atoms in total. The molecule has 2 aromatic carbocycles. The molecule has 0 aromatic heterocycles. The fourth-order valence-electron chi connectivity index (χ4n) is 1.98. The second-order valence-electron chi connectivity index (χ2n) is 4.34. The van der Waals surface area contributed by atoms with Crippen molar-refractivity contribution in [3.05, 3.63) is 54.1 Å². The van der Waals surface area contributed by atoms with Crippen LogP contribution in [0.5, 0.6) is 17.2 Å². The van der Waals surface area contributed by atoms with Gasteiger partial charge in [0.15, 0.2) is 11.5 Å². The van der Waals surface area contributed by atoms with Crippen molar-refractivity contribution >= 4 is 0 Å². The summed E-state index contributed by atoms with van der Waals surface area (Å²) in [5, 5.41) is 0. The molecule has 0 saturated heterocycles. The van der Waals surface area contributed by atoms with Crippen molar-refractivity contribution in [1.82, 2.24) is 0 Å². The lowest BCUT2D eigenvalue weighted by Crippen LogP contribution is -2.21. The van der Waals surface area contributed by atoms with Crippen LogP contribution in [0, 0.1) is 0 Å². The normalized spacial score (nSPS) is 16.1. The van der Waals surface area contributed by atoms with Gasteiger partial charge in [0, 0.05) is 0 Å². The predicted molar refractivity (Wildman–Crippen MR) is 73.9 cm³/mol. The Bertz CT molecular complexity index is 568. The highest BCUT2D eigenvalue weighted by Gasteiger charge is 2.27. The number of hydrogen-bond donors (Lipinski definition) is 0. The fourth-order valence-corrected chi connectivity index (χ4v) is 1.98. The summed E-state index contributed by atoms with van der Waals surface area (Å²) < 4.78 is 22.2. The van der Waals surface area contributed by atoms with Crippen molar-refractivity contribution in [2.24, 2.45) is 0 Å². The SMILES string of the molecule is CCOC1Oc2cccc(OCc3ccccc3)c2O1. The highest BCUT2D eigenvalue weighted by Crippen LogP contribution is 2.42. The van der Waals surface area contributed by atoms with Gasteiger partial charge in [-0.3, -0.25) is 0 Å². The predicted octanol–water partition coefficient (Wildman–Crippen LogP) is 3.36. The number of ether oxygens (including phenoxy) is 4. The summed E-state index contributed by atoms with van der Waals surface area (Å²) in [6.45, 7) is 2.22. The van der Waals surface area contributed by atoms with Crippen molar-refractivity contribution in [1.29, 1.82) is 0 Å². The minimum Gasteiger partial charge on any atom is -0.485 e. The molecule has 0 amide bonds. The van der Waals surface area contributed by atoms with Crippen molar-refractivity contribution in [2.45, 2.75) is 20.0 Å². The zero-order valence-corrected chi connectivity index (χ0v) is 11.2. The Morgan fingerprint density at radius 1 is 1.00 bits per heavy atom. The largest absolute Gasteiger partial charge is 0.485 e. The maximum atomic E-state index is 5.80. The van der Waals surface area contributed by atoms with E-state index in [0.29, 0.717) is 30.5 Å². The van der Waals surface area contributed by atoms with Gasteiger partial charge in [-0.15, -0.1) is 0 Å². The van der Waals surface area contributed by atoms with Gasteiger partial charge in [-0.25, -0.2) is 0 Å². The number of benzene rings is 2. The van der Waals surface area contributed by atoms with Crippen LogP contribution >= 0.6 is 0 Å². The van der Waals surface area contributed by atoms with Crippen molar-refractivity contribution in [2.75, 3.05) is 6.61 Å². The molecule has 0 saturated carbocycles. The molecule has 20 heavy (non-hydrogen) atoms. The summed E-state index contributed by atoms with van der Waals surface area (Å²) in [4.78, 5) is 0. The van der Waals surface area contributed by atoms with Crippen LogP contribution in [-0.4, -0.2) is 13.1 Å². The average molecular weight is 272 g/mol. The molecule has 2 aromatic rings. The molecule has 1 unspecified atom stereocenters. The summed E-state index contributed by atoms with van der Waals surface area (Å²) in [6, 6.07) is 15.6. The van der Waals surface area contributed by atoms with Gasteiger partial charge in [0.05, 0.1) is 6.61 Å². The van der Waals surface area contributed by atoms with Gasteiger partial charge >= 0.3 is 6.48 Å². The van der Waals surface area contributed by atoms with E-state index in [4.69, 9.17) is 18.9 Å². The third kappa shape index (κ3) is 2.70. The summed E-state index contributed by atoms with van der Waals surface area (Å²) in [5.41, 5.74) is 1.10. The Labute approximate surface area is 117 Å². The lowest BCUT2D eigenvalue weighted by molar-refractivity contribution is -0.173. The van der Waals surface area contributed by atoms with Crippen LogP contribution < -0.4 is 14.2 Å². The second-order valence-corrected chi connectivity index (χ2v) is 4.34. The van der Waals surface area contributed by atoms with Crippen molar-refractivity contribution in [3.63, 3.8) is 0 Å². The van der Waals surface area contributed by atoms with Crippen LogP contribution in [0.3, 0.4) is 0 Å². The monoisotopic (exact) mass is 272 g/mol. The zero-order chi connectivity index (χ0) is 13.8. The van der Waals surface area contributed by atoms with E-state index in [2.05, 4.69) is 0 Å². The molecule has 1 aliphatic rings. The Kier molecular flexibility index (Phi) is 3.74. The Morgan fingerprint density at radius 2 is 1.85 bits per heavy atom. The molecular weight excluding hydrogens is 256 g/mol. The van der Waals surface area contributed by atoms with E-state index in [0.717, 1.165) is 5.56 Å². The van der Waals surface area contributed by atoms with E-state index < -0.39 is 6.48 Å². The van der Waals surface area contributed by atoms with E-state index in [1.165, 1.54) is 0 Å². The minimum atomic E-state index is -0.684. The van der Waals surface area contributed by atoms with Crippen LogP contribution in [0.15, 0.2) is 48.5 Å². The molecule has 104 valence electrons. The van der Waals surface area contributed by atoms with Gasteiger partial charge in [-0.1, -0.05) is 36.4 Å². The van der Waals surface area contributed by atoms with Crippen LogP contribution in [0.2, 0.25) is 0 Å². The molecule has 0 fully saturated rings. The highest BCUT2D eigenvalue weighted by atomic mass is 16.9. The van der Waals surface area contributed by atoms with Gasteiger partial charge in [0.25, 0.3) is 0 Å². The van der Waals surface area contributed by atoms with Crippen LogP contribution in [0.25, 0.3) is 0 Å². The van der Waals surface area contributed by atoms with E-state index in [1.807, 2.05) is 55.5 Å². The van der Waals surface area contributed by atoms with Gasteiger partial charge in [-0.2, -0.15) is 0 Å². The van der Waals surface area contributed by atoms with Gasteiger partial charge in [-0.05, 0) is 24.6 Å². The number of fused-ring (bicyclic) bond motifs is 1. The van der Waals surface area contributed by atoms with E-state index in [-0.39, 0.29) is 0 Å². The molecule has 0 radical (unpaired) electrons. The summed E-state index contributed by atoms with van der Waals surface area (Å²) >= 11 is 0. The highest BCUT2D eigenvalue weighted by molar-refractivity contribution is 5.52. The molecule has 0 bridgehead atoms. The van der Waals surface area contributed by atoms with Gasteiger partial charge < -0.3 is 18.9 Å². The third-order valence-electron chi connectivity index (χ3n) is 2.92. The fraction of sp³-hybridized carbons (Fsp3) is 0.250. The molecule has 4 heteroatoms. The lowest BCUT2D eigenvalue weighted by Gasteiger charge is -2.10. The summed E-state index contributed by atoms with van der Waals surface area (Å²) in [7, 11) is 0. The Hall–Kier alpha value is -2.20. The van der Waals surface area contributed by atoms with Crippen LogP contribution in [-0.2, 0) is 11.3 Å². The zero-order valence-electron chi connectivity index (χ0n) is 11.2. The first-order valence-corrected chi connectivity index (χ1v) is 6.61. The molecule has 1 heterocycles. The lowest BCUT2D eigenvalue weighted by atomic mass is 10.2. The smallest absolute Gasteiger partial charge is 0.361 e. The van der Waals surface area contributed by atoms with Crippen molar-refractivity contribution < 1.29 is 18.9 Å². The maximum Gasteiger partial charge on any atom is 0.361 e. The first kappa shape index (κ1) is 12.8. The number of para-hydroxylation sites is 1. The quantitative estimate of drug-likeness (QED) is 0.836. The summed E-state index contributed by atoms with van der Waals surface area (Å²) in [5.74, 6) is 1.91.